The Hall–Kier alpha value is -0.820. The van der Waals surface area contributed by atoms with E-state index in [-0.39, 0.29) is 5.54 Å². The van der Waals surface area contributed by atoms with E-state index in [1.54, 1.807) is 0 Å². The standard InChI is InChI=1S/C18H29N/c1-17(2,3)16-10-7-12-18(19,13-11-16)14-15-8-5-4-6-9-15/h4-6,8-9,16H,7,10-14,19H2,1-3H3. The first-order valence-electron chi connectivity index (χ1n) is 7.72. The van der Waals surface area contributed by atoms with E-state index in [4.69, 9.17) is 5.73 Å². The Morgan fingerprint density at radius 2 is 1.79 bits per heavy atom. The Balaban J connectivity index is 2.01. The third kappa shape index (κ3) is 4.07. The Morgan fingerprint density at radius 1 is 1.11 bits per heavy atom. The number of benzene rings is 1. The number of nitrogens with two attached hydrogens (primary N) is 1. The Bertz CT molecular complexity index is 390. The fourth-order valence-electron chi connectivity index (χ4n) is 3.48. The maximum Gasteiger partial charge on any atom is 0.0195 e. The van der Waals surface area contributed by atoms with E-state index >= 15 is 0 Å². The molecule has 0 aromatic heterocycles. The molecule has 1 aliphatic carbocycles. The maximum atomic E-state index is 6.70. The highest BCUT2D eigenvalue weighted by atomic mass is 14.7. The molecule has 1 saturated carbocycles. The summed E-state index contributed by atoms with van der Waals surface area (Å²) in [5.41, 5.74) is 8.53. The van der Waals surface area contributed by atoms with Crippen molar-refractivity contribution in [1.82, 2.24) is 0 Å². The molecule has 1 aromatic carbocycles. The van der Waals surface area contributed by atoms with Gasteiger partial charge in [0.1, 0.15) is 0 Å². The Morgan fingerprint density at radius 3 is 2.42 bits per heavy atom. The predicted octanol–water partition coefficient (Wildman–Crippen LogP) is 4.55. The summed E-state index contributed by atoms with van der Waals surface area (Å²) >= 11 is 0. The van der Waals surface area contributed by atoms with Crippen LogP contribution in [-0.2, 0) is 6.42 Å². The van der Waals surface area contributed by atoms with Crippen LogP contribution in [0.25, 0.3) is 0 Å². The molecule has 2 rings (SSSR count). The minimum atomic E-state index is 0.0152. The molecule has 1 aliphatic rings. The van der Waals surface area contributed by atoms with E-state index in [1.807, 2.05) is 0 Å². The summed E-state index contributed by atoms with van der Waals surface area (Å²) in [6.07, 6.45) is 7.29. The lowest BCUT2D eigenvalue weighted by Gasteiger charge is -2.31. The summed E-state index contributed by atoms with van der Waals surface area (Å²) in [6.45, 7) is 7.12. The fraction of sp³-hybridized carbons (Fsp3) is 0.667. The van der Waals surface area contributed by atoms with Gasteiger partial charge in [-0.15, -0.1) is 0 Å². The summed E-state index contributed by atoms with van der Waals surface area (Å²) in [5, 5.41) is 0. The lowest BCUT2D eigenvalue weighted by molar-refractivity contribution is 0.210. The minimum absolute atomic E-state index is 0.0152. The summed E-state index contributed by atoms with van der Waals surface area (Å²) in [5.74, 6) is 0.827. The van der Waals surface area contributed by atoms with Crippen LogP contribution in [-0.4, -0.2) is 5.54 Å². The molecule has 106 valence electrons. The molecular formula is C18H29N. The monoisotopic (exact) mass is 259 g/mol. The van der Waals surface area contributed by atoms with Crippen LogP contribution in [0.4, 0.5) is 0 Å². The van der Waals surface area contributed by atoms with Crippen molar-refractivity contribution in [3.8, 4) is 0 Å². The SMILES string of the molecule is CC(C)(C)C1CCCC(N)(Cc2ccccc2)CC1. The molecule has 1 heteroatoms. The molecule has 1 fully saturated rings. The van der Waals surface area contributed by atoms with E-state index in [0.29, 0.717) is 5.41 Å². The van der Waals surface area contributed by atoms with Crippen LogP contribution >= 0.6 is 0 Å². The highest BCUT2D eigenvalue weighted by molar-refractivity contribution is 5.18. The molecule has 2 N–H and O–H groups in total. The minimum Gasteiger partial charge on any atom is -0.325 e. The first-order chi connectivity index (χ1) is 8.89. The molecule has 2 unspecified atom stereocenters. The molecule has 0 saturated heterocycles. The zero-order chi connectivity index (χ0) is 13.9. The molecule has 0 spiro atoms. The van der Waals surface area contributed by atoms with Crippen LogP contribution in [0.15, 0.2) is 30.3 Å². The third-order valence-corrected chi connectivity index (χ3v) is 4.84. The average molecular weight is 259 g/mol. The largest absolute Gasteiger partial charge is 0.325 e. The van der Waals surface area contributed by atoms with Gasteiger partial charge in [0.25, 0.3) is 0 Å². The van der Waals surface area contributed by atoms with Crippen LogP contribution in [0.2, 0.25) is 0 Å². The summed E-state index contributed by atoms with van der Waals surface area (Å²) in [6, 6.07) is 10.7. The molecule has 0 radical (unpaired) electrons. The average Bonchev–Trinajstić information content (AvgIpc) is 2.52. The van der Waals surface area contributed by atoms with Crippen molar-refractivity contribution in [2.75, 3.05) is 0 Å². The molecule has 0 heterocycles. The lowest BCUT2D eigenvalue weighted by atomic mass is 9.76. The topological polar surface area (TPSA) is 26.0 Å². The molecule has 19 heavy (non-hydrogen) atoms. The van der Waals surface area contributed by atoms with E-state index < -0.39 is 0 Å². The fourth-order valence-corrected chi connectivity index (χ4v) is 3.48. The highest BCUT2D eigenvalue weighted by Crippen LogP contribution is 2.39. The van der Waals surface area contributed by atoms with E-state index in [2.05, 4.69) is 51.1 Å². The zero-order valence-electron chi connectivity index (χ0n) is 12.8. The first kappa shape index (κ1) is 14.6. The van der Waals surface area contributed by atoms with Crippen molar-refractivity contribution in [2.45, 2.75) is 64.8 Å². The van der Waals surface area contributed by atoms with Gasteiger partial charge in [-0.25, -0.2) is 0 Å². The van der Waals surface area contributed by atoms with Gasteiger partial charge in [-0.05, 0) is 49.0 Å². The molecular weight excluding hydrogens is 230 g/mol. The van der Waals surface area contributed by atoms with Gasteiger partial charge in [0.15, 0.2) is 0 Å². The van der Waals surface area contributed by atoms with E-state index in [0.717, 1.165) is 12.3 Å². The predicted molar refractivity (Wildman–Crippen MR) is 83.1 cm³/mol. The summed E-state index contributed by atoms with van der Waals surface area (Å²) in [7, 11) is 0. The molecule has 0 amide bonds. The maximum absolute atomic E-state index is 6.70. The van der Waals surface area contributed by atoms with Crippen LogP contribution in [0, 0.1) is 11.3 Å². The normalized spacial score (nSPS) is 28.9. The Kier molecular flexibility index (Phi) is 4.35. The van der Waals surface area contributed by atoms with Crippen LogP contribution in [0.1, 0.15) is 58.4 Å². The second-order valence-corrected chi connectivity index (χ2v) is 7.52. The molecule has 0 aliphatic heterocycles. The van der Waals surface area contributed by atoms with Crippen molar-refractivity contribution in [2.24, 2.45) is 17.1 Å². The van der Waals surface area contributed by atoms with Gasteiger partial charge in [-0.2, -0.15) is 0 Å². The van der Waals surface area contributed by atoms with Crippen molar-refractivity contribution in [1.29, 1.82) is 0 Å². The van der Waals surface area contributed by atoms with Gasteiger partial charge in [0.2, 0.25) is 0 Å². The zero-order valence-corrected chi connectivity index (χ0v) is 12.8. The van der Waals surface area contributed by atoms with Crippen LogP contribution < -0.4 is 5.73 Å². The van der Waals surface area contributed by atoms with Gasteiger partial charge >= 0.3 is 0 Å². The lowest BCUT2D eigenvalue weighted by Crippen LogP contribution is -2.41. The summed E-state index contributed by atoms with van der Waals surface area (Å²) in [4.78, 5) is 0. The number of hydrogen-bond donors (Lipinski definition) is 1. The number of hydrogen-bond acceptors (Lipinski definition) is 1. The van der Waals surface area contributed by atoms with Crippen molar-refractivity contribution >= 4 is 0 Å². The molecule has 1 aromatic rings. The van der Waals surface area contributed by atoms with Crippen molar-refractivity contribution in [3.63, 3.8) is 0 Å². The van der Waals surface area contributed by atoms with Gasteiger partial charge < -0.3 is 5.73 Å². The van der Waals surface area contributed by atoms with Crippen LogP contribution in [0.5, 0.6) is 0 Å². The molecule has 0 bridgehead atoms. The van der Waals surface area contributed by atoms with Gasteiger partial charge in [-0.3, -0.25) is 0 Å². The second-order valence-electron chi connectivity index (χ2n) is 7.52. The van der Waals surface area contributed by atoms with E-state index in [1.165, 1.54) is 37.7 Å². The summed E-state index contributed by atoms with van der Waals surface area (Å²) < 4.78 is 0. The third-order valence-electron chi connectivity index (χ3n) is 4.84. The van der Waals surface area contributed by atoms with Gasteiger partial charge in [0.05, 0.1) is 0 Å². The van der Waals surface area contributed by atoms with E-state index in [9.17, 15) is 0 Å². The number of rotatable bonds is 2. The van der Waals surface area contributed by atoms with Gasteiger partial charge in [0, 0.05) is 5.54 Å². The molecule has 1 nitrogen and oxygen atoms in total. The Labute approximate surface area is 118 Å². The highest BCUT2D eigenvalue weighted by Gasteiger charge is 2.33. The molecule has 2 atom stereocenters. The quantitative estimate of drug-likeness (QED) is 0.775. The second kappa shape index (κ2) is 5.66. The van der Waals surface area contributed by atoms with Gasteiger partial charge in [-0.1, -0.05) is 57.5 Å². The van der Waals surface area contributed by atoms with Crippen molar-refractivity contribution in [3.05, 3.63) is 35.9 Å². The van der Waals surface area contributed by atoms with Crippen LogP contribution in [0.3, 0.4) is 0 Å². The smallest absolute Gasteiger partial charge is 0.0195 e. The first-order valence-corrected chi connectivity index (χ1v) is 7.72. The van der Waals surface area contributed by atoms with Crippen molar-refractivity contribution < 1.29 is 0 Å².